The molecule has 37 heavy (non-hydrogen) atoms. The van der Waals surface area contributed by atoms with Gasteiger partial charge in [-0.2, -0.15) is 8.78 Å². The third kappa shape index (κ3) is 7.01. The molecule has 0 amide bonds. The summed E-state index contributed by atoms with van der Waals surface area (Å²) >= 11 is 0. The van der Waals surface area contributed by atoms with Crippen molar-refractivity contribution < 1.29 is 22.3 Å². The van der Waals surface area contributed by atoms with E-state index < -0.39 is 24.0 Å². The van der Waals surface area contributed by atoms with Gasteiger partial charge < -0.3 is 4.74 Å². The largest absolute Gasteiger partial charge is 0.432 e. The lowest BCUT2D eigenvalue weighted by atomic mass is 9.98. The Bertz CT molecular complexity index is 1460. The highest BCUT2D eigenvalue weighted by Crippen LogP contribution is 2.24. The third-order valence-corrected chi connectivity index (χ3v) is 6.07. The van der Waals surface area contributed by atoms with E-state index in [2.05, 4.69) is 53.0 Å². The van der Waals surface area contributed by atoms with E-state index in [1.54, 1.807) is 12.1 Å². The van der Waals surface area contributed by atoms with Crippen LogP contribution in [0.15, 0.2) is 84.9 Å². The van der Waals surface area contributed by atoms with Gasteiger partial charge in [-0.25, -0.2) is 8.78 Å². The molecule has 0 saturated carbocycles. The van der Waals surface area contributed by atoms with Crippen LogP contribution in [0, 0.1) is 23.5 Å². The Hall–Kier alpha value is -4.04. The molecule has 5 heteroatoms. The summed E-state index contributed by atoms with van der Waals surface area (Å²) in [7, 11) is 0. The van der Waals surface area contributed by atoms with Crippen LogP contribution in [0.1, 0.15) is 41.2 Å². The number of hydrogen-bond acceptors (Lipinski definition) is 1. The predicted molar refractivity (Wildman–Crippen MR) is 140 cm³/mol. The van der Waals surface area contributed by atoms with Gasteiger partial charge in [0.05, 0.1) is 5.56 Å². The van der Waals surface area contributed by atoms with Gasteiger partial charge >= 0.3 is 6.61 Å². The van der Waals surface area contributed by atoms with Crippen LogP contribution >= 0.6 is 0 Å². The number of benzene rings is 4. The smallest absolute Gasteiger partial charge is 0.387 e. The second-order valence-electron chi connectivity index (χ2n) is 8.68. The molecule has 0 unspecified atom stereocenters. The van der Waals surface area contributed by atoms with E-state index in [0.717, 1.165) is 48.8 Å². The Balaban J connectivity index is 1.44. The average molecular weight is 503 g/mol. The first-order chi connectivity index (χ1) is 17.9. The Labute approximate surface area is 214 Å². The van der Waals surface area contributed by atoms with Crippen molar-refractivity contribution in [2.45, 2.75) is 39.2 Å². The number of rotatable bonds is 8. The van der Waals surface area contributed by atoms with Crippen LogP contribution < -0.4 is 4.74 Å². The maximum atomic E-state index is 15.1. The van der Waals surface area contributed by atoms with E-state index in [1.165, 1.54) is 17.2 Å². The van der Waals surface area contributed by atoms with Gasteiger partial charge in [-0.3, -0.25) is 0 Å². The standard InChI is InChI=1S/C32H26F4O/c1-2-3-4-5-22-6-8-23(9-7-22)10-11-24-13-18-28-27(20-24)17-16-26(31(28)34)15-12-25-14-19-30(29(33)21-25)37-32(35)36/h2-3,6-9,13-14,16-21,32H,4-5,10-11H2,1H3/b3-2+. The van der Waals surface area contributed by atoms with Gasteiger partial charge in [-0.05, 0) is 78.9 Å². The van der Waals surface area contributed by atoms with E-state index in [-0.39, 0.29) is 11.1 Å². The maximum absolute atomic E-state index is 15.1. The molecule has 4 aromatic rings. The van der Waals surface area contributed by atoms with Gasteiger partial charge in [-0.15, -0.1) is 0 Å². The summed E-state index contributed by atoms with van der Waals surface area (Å²) in [5.74, 6) is 3.41. The lowest BCUT2D eigenvalue weighted by Crippen LogP contribution is -2.03. The van der Waals surface area contributed by atoms with Crippen molar-refractivity contribution in [2.24, 2.45) is 0 Å². The monoisotopic (exact) mass is 502 g/mol. The first-order valence-corrected chi connectivity index (χ1v) is 12.1. The lowest BCUT2D eigenvalue weighted by Gasteiger charge is -2.07. The van der Waals surface area contributed by atoms with Gasteiger partial charge in [0.25, 0.3) is 0 Å². The Morgan fingerprint density at radius 3 is 2.19 bits per heavy atom. The number of fused-ring (bicyclic) bond motifs is 1. The molecule has 0 saturated heterocycles. The van der Waals surface area contributed by atoms with E-state index in [4.69, 9.17) is 0 Å². The molecule has 0 aliphatic heterocycles. The summed E-state index contributed by atoms with van der Waals surface area (Å²) in [6.45, 7) is -1.09. The molecule has 0 aromatic heterocycles. The summed E-state index contributed by atoms with van der Waals surface area (Å²) in [6.07, 6.45) is 8.05. The number of allylic oxidation sites excluding steroid dienone is 2. The molecule has 0 spiro atoms. The minimum atomic E-state index is -3.12. The molecule has 0 N–H and O–H groups in total. The van der Waals surface area contributed by atoms with Gasteiger partial charge in [0.2, 0.25) is 0 Å². The predicted octanol–water partition coefficient (Wildman–Crippen LogP) is 8.41. The zero-order chi connectivity index (χ0) is 26.2. The molecular formula is C32H26F4O. The van der Waals surface area contributed by atoms with Gasteiger partial charge in [0, 0.05) is 10.9 Å². The summed E-state index contributed by atoms with van der Waals surface area (Å²) in [4.78, 5) is 0. The topological polar surface area (TPSA) is 9.23 Å². The molecular weight excluding hydrogens is 476 g/mol. The number of ether oxygens (including phenoxy) is 1. The average Bonchev–Trinajstić information content (AvgIpc) is 2.89. The van der Waals surface area contributed by atoms with Crippen LogP contribution in [0.5, 0.6) is 5.75 Å². The van der Waals surface area contributed by atoms with E-state index in [9.17, 15) is 13.2 Å². The molecule has 0 radical (unpaired) electrons. The van der Waals surface area contributed by atoms with Crippen molar-refractivity contribution in [3.8, 4) is 17.6 Å². The molecule has 0 bridgehead atoms. The van der Waals surface area contributed by atoms with Crippen LogP contribution in [0.3, 0.4) is 0 Å². The Morgan fingerprint density at radius 2 is 1.49 bits per heavy atom. The van der Waals surface area contributed by atoms with Crippen molar-refractivity contribution in [3.63, 3.8) is 0 Å². The van der Waals surface area contributed by atoms with E-state index >= 15 is 4.39 Å². The van der Waals surface area contributed by atoms with Crippen molar-refractivity contribution in [1.82, 2.24) is 0 Å². The van der Waals surface area contributed by atoms with Gasteiger partial charge in [-0.1, -0.05) is 72.5 Å². The van der Waals surface area contributed by atoms with Crippen molar-refractivity contribution in [2.75, 3.05) is 0 Å². The van der Waals surface area contributed by atoms with Crippen molar-refractivity contribution >= 4 is 10.8 Å². The quantitative estimate of drug-likeness (QED) is 0.134. The highest BCUT2D eigenvalue weighted by atomic mass is 19.3. The summed E-state index contributed by atoms with van der Waals surface area (Å²) in [5, 5.41) is 1.23. The Kier molecular flexibility index (Phi) is 8.64. The zero-order valence-electron chi connectivity index (χ0n) is 20.4. The van der Waals surface area contributed by atoms with Gasteiger partial charge in [0.15, 0.2) is 11.6 Å². The molecule has 0 atom stereocenters. The van der Waals surface area contributed by atoms with Crippen molar-refractivity contribution in [1.29, 1.82) is 0 Å². The molecule has 188 valence electrons. The number of alkyl halides is 2. The van der Waals surface area contributed by atoms with Crippen molar-refractivity contribution in [3.05, 3.63) is 124 Å². The molecule has 4 aromatic carbocycles. The zero-order valence-corrected chi connectivity index (χ0v) is 20.4. The highest BCUT2D eigenvalue weighted by Gasteiger charge is 2.10. The van der Waals surface area contributed by atoms with E-state index in [0.29, 0.717) is 5.39 Å². The lowest BCUT2D eigenvalue weighted by molar-refractivity contribution is -0.0521. The maximum Gasteiger partial charge on any atom is 0.387 e. The highest BCUT2D eigenvalue weighted by molar-refractivity contribution is 5.85. The summed E-state index contributed by atoms with van der Waals surface area (Å²) in [5.41, 5.74) is 4.09. The van der Waals surface area contributed by atoms with Crippen LogP contribution in [-0.2, 0) is 19.3 Å². The SMILES string of the molecule is C/C=C/CCc1ccc(CCc2ccc3c(F)c(C#Cc4ccc(OC(F)F)c(F)c4)ccc3c2)cc1. The number of aryl methyl sites for hydroxylation is 3. The minimum Gasteiger partial charge on any atom is -0.432 e. The molecule has 4 rings (SSSR count). The second kappa shape index (κ2) is 12.3. The third-order valence-electron chi connectivity index (χ3n) is 6.07. The summed E-state index contributed by atoms with van der Waals surface area (Å²) < 4.78 is 57.7. The second-order valence-corrected chi connectivity index (χ2v) is 8.68. The fourth-order valence-electron chi connectivity index (χ4n) is 4.08. The van der Waals surface area contributed by atoms with Crippen LogP contribution in [-0.4, -0.2) is 6.61 Å². The fourth-order valence-corrected chi connectivity index (χ4v) is 4.08. The molecule has 0 heterocycles. The van der Waals surface area contributed by atoms with Crippen LogP contribution in [0.25, 0.3) is 10.8 Å². The normalized spacial score (nSPS) is 11.2. The van der Waals surface area contributed by atoms with Crippen LogP contribution in [0.2, 0.25) is 0 Å². The van der Waals surface area contributed by atoms with Crippen LogP contribution in [0.4, 0.5) is 17.6 Å². The Morgan fingerprint density at radius 1 is 0.784 bits per heavy atom. The first-order valence-electron chi connectivity index (χ1n) is 12.1. The number of hydrogen-bond donors (Lipinski definition) is 0. The number of halogens is 4. The summed E-state index contributed by atoms with van der Waals surface area (Å²) in [6, 6.07) is 21.2. The van der Waals surface area contributed by atoms with E-state index in [1.807, 2.05) is 25.1 Å². The molecule has 0 aliphatic rings. The molecule has 0 fully saturated rings. The fraction of sp³-hybridized carbons (Fsp3) is 0.188. The minimum absolute atomic E-state index is 0.170. The first kappa shape index (κ1) is 26.0. The molecule has 0 aliphatic carbocycles. The van der Waals surface area contributed by atoms with Gasteiger partial charge in [0.1, 0.15) is 5.82 Å². The molecule has 1 nitrogen and oxygen atoms in total.